The summed E-state index contributed by atoms with van der Waals surface area (Å²) in [5.41, 5.74) is 2.16. The number of carbonyl (C=O) groups excluding carboxylic acids is 2. The van der Waals surface area contributed by atoms with Crippen molar-refractivity contribution in [1.29, 1.82) is 0 Å². The molecule has 0 spiro atoms. The Morgan fingerprint density at radius 2 is 1.54 bits per heavy atom. The maximum atomic E-state index is 13.1. The van der Waals surface area contributed by atoms with Crippen LogP contribution >= 0.6 is 0 Å². The van der Waals surface area contributed by atoms with Crippen LogP contribution in [-0.4, -0.2) is 21.9 Å². The first-order valence-electron chi connectivity index (χ1n) is 8.39. The highest BCUT2D eigenvalue weighted by molar-refractivity contribution is 6.35. The quantitative estimate of drug-likeness (QED) is 0.533. The van der Waals surface area contributed by atoms with Crippen LogP contribution < -0.4 is 4.90 Å². The number of nitrogens with zero attached hydrogens (tertiary/aromatic N) is 2. The van der Waals surface area contributed by atoms with Crippen molar-refractivity contribution in [3.63, 3.8) is 0 Å². The summed E-state index contributed by atoms with van der Waals surface area (Å²) in [7, 11) is 0. The summed E-state index contributed by atoms with van der Waals surface area (Å²) in [4.78, 5) is 31.0. The molecule has 3 aromatic carbocycles. The Hall–Kier alpha value is -4.00. The van der Waals surface area contributed by atoms with Crippen LogP contribution in [0.15, 0.2) is 65.1 Å². The zero-order chi connectivity index (χ0) is 19.4. The Kier molecular flexibility index (Phi) is 3.33. The Morgan fingerprint density at radius 3 is 2.21 bits per heavy atom. The molecule has 28 heavy (non-hydrogen) atoms. The zero-order valence-electron chi connectivity index (χ0n) is 14.2. The highest BCUT2D eigenvalue weighted by Gasteiger charge is 2.37. The van der Waals surface area contributed by atoms with E-state index in [1.807, 2.05) is 0 Å². The third kappa shape index (κ3) is 2.37. The van der Waals surface area contributed by atoms with Gasteiger partial charge < -0.3 is 9.52 Å². The second-order valence-electron chi connectivity index (χ2n) is 6.35. The number of aromatic nitrogens is 1. The van der Waals surface area contributed by atoms with Gasteiger partial charge >= 0.3 is 0 Å². The summed E-state index contributed by atoms with van der Waals surface area (Å²) in [5, 5.41) is 9.41. The molecule has 0 bridgehead atoms. The number of phenolic OH excluding ortho intramolecular Hbond substituents is 1. The number of phenols is 1. The van der Waals surface area contributed by atoms with Crippen molar-refractivity contribution >= 4 is 28.6 Å². The van der Waals surface area contributed by atoms with Crippen molar-refractivity contribution in [2.75, 3.05) is 4.90 Å². The molecule has 0 saturated carbocycles. The number of aromatic hydroxyl groups is 1. The van der Waals surface area contributed by atoms with Crippen molar-refractivity contribution in [1.82, 2.24) is 4.98 Å². The molecule has 7 heteroatoms. The molecule has 136 valence electrons. The molecule has 0 saturated heterocycles. The maximum absolute atomic E-state index is 13.1. The number of imide groups is 1. The summed E-state index contributed by atoms with van der Waals surface area (Å²) in [6.45, 7) is 0. The fourth-order valence-corrected chi connectivity index (χ4v) is 3.21. The van der Waals surface area contributed by atoms with Gasteiger partial charge in [-0.2, -0.15) is 0 Å². The number of fused-ring (bicyclic) bond motifs is 2. The van der Waals surface area contributed by atoms with Crippen molar-refractivity contribution in [2.45, 2.75) is 0 Å². The molecule has 1 aliphatic rings. The Labute approximate surface area is 157 Å². The monoisotopic (exact) mass is 374 g/mol. The second kappa shape index (κ2) is 5.75. The van der Waals surface area contributed by atoms with Gasteiger partial charge in [-0.15, -0.1) is 0 Å². The summed E-state index contributed by atoms with van der Waals surface area (Å²) in [6.07, 6.45) is 0. The van der Waals surface area contributed by atoms with E-state index in [9.17, 15) is 19.1 Å². The minimum absolute atomic E-state index is 0.0374. The average molecular weight is 374 g/mol. The third-order valence-corrected chi connectivity index (χ3v) is 4.59. The lowest BCUT2D eigenvalue weighted by Crippen LogP contribution is -2.29. The van der Waals surface area contributed by atoms with E-state index in [4.69, 9.17) is 4.42 Å². The van der Waals surface area contributed by atoms with Crippen LogP contribution in [0.4, 0.5) is 10.1 Å². The second-order valence-corrected chi connectivity index (χ2v) is 6.35. The number of hydrogen-bond donors (Lipinski definition) is 1. The average Bonchev–Trinajstić information content (AvgIpc) is 3.21. The van der Waals surface area contributed by atoms with Crippen molar-refractivity contribution in [3.05, 3.63) is 77.6 Å². The van der Waals surface area contributed by atoms with Gasteiger partial charge in [0.15, 0.2) is 5.58 Å². The van der Waals surface area contributed by atoms with Gasteiger partial charge in [0.2, 0.25) is 5.89 Å². The van der Waals surface area contributed by atoms with Crippen LogP contribution in [0.1, 0.15) is 20.7 Å². The number of carbonyl (C=O) groups is 2. The lowest BCUT2D eigenvalue weighted by Gasteiger charge is -2.13. The molecule has 6 nitrogen and oxygen atoms in total. The number of rotatable bonds is 2. The number of benzene rings is 3. The molecule has 0 aliphatic carbocycles. The molecule has 1 aromatic heterocycles. The molecule has 0 fully saturated rings. The molecule has 1 aliphatic heterocycles. The van der Waals surface area contributed by atoms with Gasteiger partial charge in [0, 0.05) is 5.56 Å². The summed E-state index contributed by atoms with van der Waals surface area (Å²) < 4.78 is 18.8. The van der Waals surface area contributed by atoms with Gasteiger partial charge in [0.05, 0.1) is 16.8 Å². The molecule has 0 radical (unpaired) electrons. The number of hydrogen-bond acceptors (Lipinski definition) is 5. The summed E-state index contributed by atoms with van der Waals surface area (Å²) in [5.74, 6) is -1.01. The molecule has 0 unspecified atom stereocenters. The van der Waals surface area contributed by atoms with Gasteiger partial charge in [0.1, 0.15) is 17.1 Å². The highest BCUT2D eigenvalue weighted by Crippen LogP contribution is 2.33. The number of amides is 2. The molecular formula is C21H11FN2O4. The van der Waals surface area contributed by atoms with E-state index in [0.717, 1.165) is 4.90 Å². The van der Waals surface area contributed by atoms with Crippen LogP contribution in [0.5, 0.6) is 5.75 Å². The summed E-state index contributed by atoms with van der Waals surface area (Å²) >= 11 is 0. The normalized spacial score (nSPS) is 13.4. The Morgan fingerprint density at radius 1 is 0.893 bits per heavy atom. The minimum Gasteiger partial charge on any atom is -0.508 e. The molecule has 2 heterocycles. The standard InChI is InChI=1S/C21H11FN2O4/c22-12-3-1-11(2-4-12)19-23-17-9-15-16(10-18(17)28-19)21(27)24(20(15)26)13-5-7-14(25)8-6-13/h1-10,25H. The predicted molar refractivity (Wildman–Crippen MR) is 98.6 cm³/mol. The topological polar surface area (TPSA) is 83.6 Å². The van der Waals surface area contributed by atoms with Crippen LogP contribution in [0.3, 0.4) is 0 Å². The van der Waals surface area contributed by atoms with E-state index in [0.29, 0.717) is 22.4 Å². The van der Waals surface area contributed by atoms with Gasteiger partial charge in [-0.1, -0.05) is 0 Å². The molecule has 5 rings (SSSR count). The van der Waals surface area contributed by atoms with E-state index < -0.39 is 11.8 Å². The third-order valence-electron chi connectivity index (χ3n) is 4.59. The SMILES string of the molecule is O=C1c2cc3nc(-c4ccc(F)cc4)oc3cc2C(=O)N1c1ccc(O)cc1. The minimum atomic E-state index is -0.479. The molecular weight excluding hydrogens is 363 g/mol. The molecule has 4 aromatic rings. The number of anilines is 1. The van der Waals surface area contributed by atoms with E-state index in [1.165, 1.54) is 60.7 Å². The predicted octanol–water partition coefficient (Wildman–Crippen LogP) is 4.14. The van der Waals surface area contributed by atoms with Gasteiger partial charge in [0.25, 0.3) is 11.8 Å². The van der Waals surface area contributed by atoms with E-state index in [1.54, 1.807) is 0 Å². The van der Waals surface area contributed by atoms with Gasteiger partial charge in [-0.3, -0.25) is 9.59 Å². The first-order chi connectivity index (χ1) is 13.5. The largest absolute Gasteiger partial charge is 0.508 e. The van der Waals surface area contributed by atoms with Gasteiger partial charge in [-0.25, -0.2) is 14.3 Å². The number of oxazole rings is 1. The first kappa shape index (κ1) is 16.2. The van der Waals surface area contributed by atoms with Crippen LogP contribution in [0.25, 0.3) is 22.6 Å². The van der Waals surface area contributed by atoms with Gasteiger partial charge in [-0.05, 0) is 60.7 Å². The van der Waals surface area contributed by atoms with E-state index >= 15 is 0 Å². The van der Waals surface area contributed by atoms with Crippen molar-refractivity contribution in [3.8, 4) is 17.2 Å². The molecule has 2 amide bonds. The molecule has 0 atom stereocenters. The van der Waals surface area contributed by atoms with E-state index in [-0.39, 0.29) is 28.6 Å². The maximum Gasteiger partial charge on any atom is 0.266 e. The zero-order valence-corrected chi connectivity index (χ0v) is 14.2. The Balaban J connectivity index is 1.58. The smallest absolute Gasteiger partial charge is 0.266 e. The number of halogens is 1. The Bertz CT molecular complexity index is 1210. The van der Waals surface area contributed by atoms with Crippen LogP contribution in [0.2, 0.25) is 0 Å². The molecule has 1 N–H and O–H groups in total. The first-order valence-corrected chi connectivity index (χ1v) is 8.39. The van der Waals surface area contributed by atoms with Crippen molar-refractivity contribution in [2.24, 2.45) is 0 Å². The highest BCUT2D eigenvalue weighted by atomic mass is 19.1. The lowest BCUT2D eigenvalue weighted by atomic mass is 10.1. The van der Waals surface area contributed by atoms with E-state index in [2.05, 4.69) is 4.98 Å². The fraction of sp³-hybridized carbons (Fsp3) is 0. The van der Waals surface area contributed by atoms with Crippen LogP contribution in [-0.2, 0) is 0 Å². The van der Waals surface area contributed by atoms with Crippen LogP contribution in [0, 0.1) is 5.82 Å². The summed E-state index contributed by atoms with van der Waals surface area (Å²) in [6, 6.07) is 14.5. The lowest BCUT2D eigenvalue weighted by molar-refractivity contribution is 0.0926. The fourth-order valence-electron chi connectivity index (χ4n) is 3.21. The van der Waals surface area contributed by atoms with Crippen molar-refractivity contribution < 1.29 is 23.5 Å².